The summed E-state index contributed by atoms with van der Waals surface area (Å²) in [4.78, 5) is 0. The molecule has 112 valence electrons. The van der Waals surface area contributed by atoms with Gasteiger partial charge in [0.05, 0.1) is 5.69 Å². The molecular weight excluding hydrogens is 258 g/mol. The smallest absolute Gasteiger partial charge is 0.142 e. The highest BCUT2D eigenvalue weighted by molar-refractivity contribution is 5.51. The van der Waals surface area contributed by atoms with E-state index < -0.39 is 0 Å². The van der Waals surface area contributed by atoms with Gasteiger partial charge in [-0.25, -0.2) is 0 Å². The van der Waals surface area contributed by atoms with Gasteiger partial charge in [0.25, 0.3) is 0 Å². The molecule has 0 aliphatic carbocycles. The molecule has 1 atom stereocenters. The van der Waals surface area contributed by atoms with E-state index in [2.05, 4.69) is 45.0 Å². The van der Waals surface area contributed by atoms with Gasteiger partial charge in [-0.3, -0.25) is 0 Å². The van der Waals surface area contributed by atoms with E-state index in [9.17, 15) is 0 Å². The number of anilines is 1. The van der Waals surface area contributed by atoms with Gasteiger partial charge in [-0.2, -0.15) is 0 Å². The van der Waals surface area contributed by atoms with Crippen molar-refractivity contribution in [3.05, 3.63) is 59.7 Å². The Morgan fingerprint density at radius 1 is 1.00 bits per heavy atom. The van der Waals surface area contributed by atoms with Crippen molar-refractivity contribution in [1.82, 2.24) is 0 Å². The fourth-order valence-corrected chi connectivity index (χ4v) is 2.73. The second kappa shape index (κ2) is 7.16. The third-order valence-electron chi connectivity index (χ3n) is 3.97. The molecule has 0 spiro atoms. The lowest BCUT2D eigenvalue weighted by Gasteiger charge is -2.19. The summed E-state index contributed by atoms with van der Waals surface area (Å²) in [6, 6.07) is 16.3. The summed E-state index contributed by atoms with van der Waals surface area (Å²) in [6.45, 7) is 7.36. The zero-order valence-electron chi connectivity index (χ0n) is 13.2. The molecule has 0 saturated heterocycles. The Morgan fingerprint density at radius 2 is 1.67 bits per heavy atom. The van der Waals surface area contributed by atoms with Crippen molar-refractivity contribution in [2.24, 2.45) is 5.92 Å². The summed E-state index contributed by atoms with van der Waals surface area (Å²) in [5.74, 6) is 2.04. The Hall–Kier alpha value is -1.96. The minimum atomic E-state index is 0.549. The summed E-state index contributed by atoms with van der Waals surface area (Å²) in [6.07, 6.45) is 1.17. The van der Waals surface area contributed by atoms with Crippen LogP contribution in [0.1, 0.15) is 44.2 Å². The maximum absolute atomic E-state index is 5.87. The Labute approximate surface area is 127 Å². The molecule has 21 heavy (non-hydrogen) atoms. The highest BCUT2D eigenvalue weighted by Crippen LogP contribution is 2.28. The number of benzene rings is 2. The van der Waals surface area contributed by atoms with Crippen LogP contribution in [0.15, 0.2) is 48.5 Å². The van der Waals surface area contributed by atoms with E-state index in [1.54, 1.807) is 0 Å². The molecule has 0 heterocycles. The average molecular weight is 283 g/mol. The van der Waals surface area contributed by atoms with Crippen LogP contribution in [0.25, 0.3) is 0 Å². The number of hydrogen-bond donors (Lipinski definition) is 1. The van der Waals surface area contributed by atoms with E-state index in [0.717, 1.165) is 5.75 Å². The highest BCUT2D eigenvalue weighted by atomic mass is 16.5. The van der Waals surface area contributed by atoms with Gasteiger partial charge < -0.3 is 10.5 Å². The first kappa shape index (κ1) is 15.4. The summed E-state index contributed by atoms with van der Waals surface area (Å²) >= 11 is 0. The molecule has 1 unspecified atom stereocenters. The summed E-state index contributed by atoms with van der Waals surface area (Å²) in [5, 5.41) is 0. The summed E-state index contributed by atoms with van der Waals surface area (Å²) < 4.78 is 5.77. The molecule has 2 aromatic rings. The van der Waals surface area contributed by atoms with Crippen LogP contribution in [0.2, 0.25) is 0 Å². The maximum atomic E-state index is 5.87. The number of para-hydroxylation sites is 2. The molecule has 0 amide bonds. The van der Waals surface area contributed by atoms with Gasteiger partial charge >= 0.3 is 0 Å². The Balaban J connectivity index is 2.01. The first-order chi connectivity index (χ1) is 10.1. The van der Waals surface area contributed by atoms with E-state index in [4.69, 9.17) is 10.5 Å². The van der Waals surface area contributed by atoms with Crippen LogP contribution in [0, 0.1) is 5.92 Å². The van der Waals surface area contributed by atoms with Gasteiger partial charge in [-0.1, -0.05) is 57.2 Å². The van der Waals surface area contributed by atoms with Gasteiger partial charge in [-0.05, 0) is 41.5 Å². The second-order valence-electron chi connectivity index (χ2n) is 5.83. The van der Waals surface area contributed by atoms with Crippen LogP contribution in [0.5, 0.6) is 5.75 Å². The summed E-state index contributed by atoms with van der Waals surface area (Å²) in [5.41, 5.74) is 9.14. The molecule has 2 aromatic carbocycles. The normalized spacial score (nSPS) is 12.4. The highest BCUT2D eigenvalue weighted by Gasteiger charge is 2.13. The van der Waals surface area contributed by atoms with Crippen molar-refractivity contribution in [3.8, 4) is 5.75 Å². The van der Waals surface area contributed by atoms with Crippen molar-refractivity contribution in [1.29, 1.82) is 0 Å². The standard InChI is InChI=1S/C19H25NO/c1-4-17(14(2)3)16-11-9-15(10-12-16)13-21-19-8-6-5-7-18(19)20/h5-12,14,17H,4,13,20H2,1-3H3. The topological polar surface area (TPSA) is 35.2 Å². The molecule has 0 radical (unpaired) electrons. The van der Waals surface area contributed by atoms with Gasteiger partial charge in [0.15, 0.2) is 0 Å². The number of hydrogen-bond acceptors (Lipinski definition) is 2. The molecule has 0 aromatic heterocycles. The molecule has 2 N–H and O–H groups in total. The lowest BCUT2D eigenvalue weighted by molar-refractivity contribution is 0.308. The first-order valence-electron chi connectivity index (χ1n) is 7.68. The van der Waals surface area contributed by atoms with E-state index >= 15 is 0 Å². The van der Waals surface area contributed by atoms with Crippen LogP contribution in [-0.2, 0) is 6.61 Å². The van der Waals surface area contributed by atoms with Gasteiger partial charge in [0.2, 0.25) is 0 Å². The fraction of sp³-hybridized carbons (Fsp3) is 0.368. The molecule has 0 aliphatic heterocycles. The predicted octanol–water partition coefficient (Wildman–Crippen LogP) is 5.00. The van der Waals surface area contributed by atoms with Crippen molar-refractivity contribution in [2.45, 2.75) is 39.7 Å². The van der Waals surface area contributed by atoms with E-state index in [-0.39, 0.29) is 0 Å². The van der Waals surface area contributed by atoms with Gasteiger partial charge in [0.1, 0.15) is 12.4 Å². The lowest BCUT2D eigenvalue weighted by Crippen LogP contribution is -2.05. The average Bonchev–Trinajstić information content (AvgIpc) is 2.48. The Bertz CT molecular complexity index is 560. The van der Waals surface area contributed by atoms with E-state index in [1.165, 1.54) is 17.5 Å². The predicted molar refractivity (Wildman–Crippen MR) is 89.5 cm³/mol. The minimum absolute atomic E-state index is 0.549. The molecule has 0 bridgehead atoms. The van der Waals surface area contributed by atoms with Crippen molar-refractivity contribution < 1.29 is 4.74 Å². The molecule has 0 aliphatic rings. The third kappa shape index (κ3) is 4.01. The number of nitrogen functional groups attached to an aromatic ring is 1. The molecule has 2 heteroatoms. The molecule has 0 fully saturated rings. The van der Waals surface area contributed by atoms with E-state index in [0.29, 0.717) is 24.1 Å². The summed E-state index contributed by atoms with van der Waals surface area (Å²) in [7, 11) is 0. The molecular formula is C19H25NO. The van der Waals surface area contributed by atoms with Crippen LogP contribution >= 0.6 is 0 Å². The number of nitrogens with two attached hydrogens (primary N) is 1. The largest absolute Gasteiger partial charge is 0.487 e. The van der Waals surface area contributed by atoms with Crippen LogP contribution in [0.4, 0.5) is 5.69 Å². The maximum Gasteiger partial charge on any atom is 0.142 e. The Kier molecular flexibility index (Phi) is 5.26. The van der Waals surface area contributed by atoms with Crippen LogP contribution in [-0.4, -0.2) is 0 Å². The van der Waals surface area contributed by atoms with Gasteiger partial charge in [0, 0.05) is 0 Å². The zero-order valence-corrected chi connectivity index (χ0v) is 13.2. The van der Waals surface area contributed by atoms with Crippen LogP contribution < -0.4 is 10.5 Å². The lowest BCUT2D eigenvalue weighted by atomic mass is 9.86. The number of rotatable bonds is 6. The van der Waals surface area contributed by atoms with Crippen molar-refractivity contribution >= 4 is 5.69 Å². The number of ether oxygens (including phenoxy) is 1. The molecule has 2 rings (SSSR count). The first-order valence-corrected chi connectivity index (χ1v) is 7.68. The van der Waals surface area contributed by atoms with E-state index in [1.807, 2.05) is 24.3 Å². The van der Waals surface area contributed by atoms with Gasteiger partial charge in [-0.15, -0.1) is 0 Å². The zero-order chi connectivity index (χ0) is 15.2. The second-order valence-corrected chi connectivity index (χ2v) is 5.83. The van der Waals surface area contributed by atoms with Crippen LogP contribution in [0.3, 0.4) is 0 Å². The van der Waals surface area contributed by atoms with Crippen molar-refractivity contribution in [3.63, 3.8) is 0 Å². The molecule has 2 nitrogen and oxygen atoms in total. The Morgan fingerprint density at radius 3 is 2.24 bits per heavy atom. The fourth-order valence-electron chi connectivity index (χ4n) is 2.73. The third-order valence-corrected chi connectivity index (χ3v) is 3.97. The monoisotopic (exact) mass is 283 g/mol. The van der Waals surface area contributed by atoms with Crippen molar-refractivity contribution in [2.75, 3.05) is 5.73 Å². The molecule has 0 saturated carbocycles. The SMILES string of the molecule is CCC(c1ccc(COc2ccccc2N)cc1)C(C)C. The minimum Gasteiger partial charge on any atom is -0.487 e. The quantitative estimate of drug-likeness (QED) is 0.757.